The SMILES string of the molecule is CS(=O)(=O)c1ccc2c(c1)nc(Cc1ccc(O)c(O)c1)n1nc(N)nc21. The van der Waals surface area contributed by atoms with Crippen LogP contribution in [0.15, 0.2) is 41.3 Å². The summed E-state index contributed by atoms with van der Waals surface area (Å²) in [6.07, 6.45) is 1.38. The first-order valence-corrected chi connectivity index (χ1v) is 9.77. The third-order valence-corrected chi connectivity index (χ3v) is 5.27. The third kappa shape index (κ3) is 2.99. The molecule has 0 aliphatic rings. The quantitative estimate of drug-likeness (QED) is 0.447. The molecule has 0 aliphatic carbocycles. The summed E-state index contributed by atoms with van der Waals surface area (Å²) in [4.78, 5) is 8.90. The summed E-state index contributed by atoms with van der Waals surface area (Å²) in [6, 6.07) is 9.02. The number of phenolic OH excluding ortho intramolecular Hbond substituents is 2. The minimum atomic E-state index is -3.39. The molecule has 4 rings (SSSR count). The maximum atomic E-state index is 11.9. The summed E-state index contributed by atoms with van der Waals surface area (Å²) in [5.74, 6) is 0.0453. The van der Waals surface area contributed by atoms with Crippen LogP contribution < -0.4 is 5.73 Å². The molecule has 2 aromatic heterocycles. The van der Waals surface area contributed by atoms with E-state index in [2.05, 4.69) is 15.1 Å². The molecule has 138 valence electrons. The minimum Gasteiger partial charge on any atom is -0.504 e. The van der Waals surface area contributed by atoms with Gasteiger partial charge in [-0.15, -0.1) is 5.10 Å². The van der Waals surface area contributed by atoms with Crippen LogP contribution in [0.25, 0.3) is 16.6 Å². The van der Waals surface area contributed by atoms with Gasteiger partial charge in [0.1, 0.15) is 5.82 Å². The predicted molar refractivity (Wildman–Crippen MR) is 98.4 cm³/mol. The Bertz CT molecular complexity index is 1310. The number of fused-ring (bicyclic) bond motifs is 3. The summed E-state index contributed by atoms with van der Waals surface area (Å²) in [6.45, 7) is 0. The summed E-state index contributed by atoms with van der Waals surface area (Å²) >= 11 is 0. The van der Waals surface area contributed by atoms with Crippen molar-refractivity contribution in [3.8, 4) is 11.5 Å². The molecule has 4 aromatic rings. The Kier molecular flexibility index (Phi) is 3.67. The molecule has 0 radical (unpaired) electrons. The highest BCUT2D eigenvalue weighted by atomic mass is 32.2. The van der Waals surface area contributed by atoms with E-state index in [1.54, 1.807) is 12.1 Å². The maximum absolute atomic E-state index is 11.9. The number of nitrogen functional groups attached to an aromatic ring is 1. The van der Waals surface area contributed by atoms with E-state index in [-0.39, 0.29) is 28.8 Å². The van der Waals surface area contributed by atoms with Crippen molar-refractivity contribution in [2.75, 3.05) is 12.0 Å². The van der Waals surface area contributed by atoms with Crippen LogP contribution in [-0.2, 0) is 16.3 Å². The van der Waals surface area contributed by atoms with Gasteiger partial charge in [0.2, 0.25) is 5.95 Å². The van der Waals surface area contributed by atoms with E-state index in [0.29, 0.717) is 27.9 Å². The van der Waals surface area contributed by atoms with Gasteiger partial charge in [-0.25, -0.2) is 13.4 Å². The van der Waals surface area contributed by atoms with Gasteiger partial charge in [0.05, 0.1) is 10.4 Å². The number of anilines is 1. The molecule has 0 bridgehead atoms. The zero-order chi connectivity index (χ0) is 19.3. The summed E-state index contributed by atoms with van der Waals surface area (Å²) < 4.78 is 25.2. The number of nitrogens with two attached hydrogens (primary N) is 1. The number of aromatic hydroxyl groups is 2. The summed E-state index contributed by atoms with van der Waals surface area (Å²) in [5.41, 5.74) is 7.31. The average molecular weight is 385 g/mol. The fraction of sp³-hybridized carbons (Fsp3) is 0.118. The van der Waals surface area contributed by atoms with Gasteiger partial charge in [0.15, 0.2) is 27.0 Å². The lowest BCUT2D eigenvalue weighted by atomic mass is 10.1. The smallest absolute Gasteiger partial charge is 0.240 e. The van der Waals surface area contributed by atoms with Crippen LogP contribution in [0.3, 0.4) is 0 Å². The van der Waals surface area contributed by atoms with Crippen molar-refractivity contribution in [2.45, 2.75) is 11.3 Å². The molecule has 0 spiro atoms. The fourth-order valence-electron chi connectivity index (χ4n) is 2.87. The second-order valence-electron chi connectivity index (χ2n) is 6.18. The minimum absolute atomic E-state index is 0.0614. The zero-order valence-electron chi connectivity index (χ0n) is 14.2. The second-order valence-corrected chi connectivity index (χ2v) is 8.20. The van der Waals surface area contributed by atoms with Crippen LogP contribution in [0.2, 0.25) is 0 Å². The first-order chi connectivity index (χ1) is 12.7. The number of nitrogens with zero attached hydrogens (tertiary/aromatic N) is 4. The number of sulfone groups is 1. The predicted octanol–water partition coefficient (Wildman–Crippen LogP) is 1.27. The summed E-state index contributed by atoms with van der Waals surface area (Å²) in [5, 5.41) is 23.9. The monoisotopic (exact) mass is 385 g/mol. The molecule has 10 heteroatoms. The highest BCUT2D eigenvalue weighted by Crippen LogP contribution is 2.27. The average Bonchev–Trinajstić information content (AvgIpc) is 2.99. The van der Waals surface area contributed by atoms with E-state index in [1.807, 2.05) is 0 Å². The van der Waals surface area contributed by atoms with Gasteiger partial charge in [-0.1, -0.05) is 6.07 Å². The fourth-order valence-corrected chi connectivity index (χ4v) is 3.51. The molecule has 0 saturated heterocycles. The van der Waals surface area contributed by atoms with Gasteiger partial charge in [0.25, 0.3) is 0 Å². The highest BCUT2D eigenvalue weighted by molar-refractivity contribution is 7.90. The molecule has 0 saturated carbocycles. The van der Waals surface area contributed by atoms with Gasteiger partial charge < -0.3 is 15.9 Å². The molecule has 9 nitrogen and oxygen atoms in total. The van der Waals surface area contributed by atoms with E-state index < -0.39 is 9.84 Å². The first-order valence-electron chi connectivity index (χ1n) is 7.88. The molecule has 0 aliphatic heterocycles. The number of rotatable bonds is 3. The Balaban J connectivity index is 1.95. The van der Waals surface area contributed by atoms with Gasteiger partial charge in [-0.05, 0) is 35.9 Å². The number of phenols is 2. The van der Waals surface area contributed by atoms with Crippen molar-refractivity contribution in [1.29, 1.82) is 0 Å². The van der Waals surface area contributed by atoms with Crippen molar-refractivity contribution in [3.63, 3.8) is 0 Å². The highest BCUT2D eigenvalue weighted by Gasteiger charge is 2.16. The van der Waals surface area contributed by atoms with Crippen LogP contribution in [0, 0.1) is 0 Å². The second kappa shape index (κ2) is 5.81. The van der Waals surface area contributed by atoms with Crippen molar-refractivity contribution in [3.05, 3.63) is 47.8 Å². The van der Waals surface area contributed by atoms with Crippen molar-refractivity contribution < 1.29 is 18.6 Å². The lowest BCUT2D eigenvalue weighted by molar-refractivity contribution is 0.403. The zero-order valence-corrected chi connectivity index (χ0v) is 15.0. The van der Waals surface area contributed by atoms with Crippen molar-refractivity contribution in [2.24, 2.45) is 0 Å². The molecule has 27 heavy (non-hydrogen) atoms. The van der Waals surface area contributed by atoms with Crippen LogP contribution in [0.1, 0.15) is 11.4 Å². The molecule has 2 heterocycles. The molecule has 4 N–H and O–H groups in total. The third-order valence-electron chi connectivity index (χ3n) is 4.16. The molecule has 0 amide bonds. The van der Waals surface area contributed by atoms with Gasteiger partial charge in [-0.3, -0.25) is 0 Å². The van der Waals surface area contributed by atoms with E-state index in [9.17, 15) is 18.6 Å². The Morgan fingerprint density at radius 3 is 2.56 bits per heavy atom. The van der Waals surface area contributed by atoms with Crippen molar-refractivity contribution in [1.82, 2.24) is 19.6 Å². The van der Waals surface area contributed by atoms with Crippen LogP contribution in [-0.4, -0.2) is 44.5 Å². The van der Waals surface area contributed by atoms with Crippen LogP contribution >= 0.6 is 0 Å². The number of benzene rings is 2. The number of hydrogen-bond donors (Lipinski definition) is 3. The number of aromatic nitrogens is 4. The topological polar surface area (TPSA) is 144 Å². The van der Waals surface area contributed by atoms with Gasteiger partial charge in [-0.2, -0.15) is 9.50 Å². The van der Waals surface area contributed by atoms with Gasteiger partial charge in [0, 0.05) is 18.1 Å². The Morgan fingerprint density at radius 2 is 1.85 bits per heavy atom. The Labute approximate surface area is 153 Å². The normalized spacial score (nSPS) is 12.0. The van der Waals surface area contributed by atoms with Gasteiger partial charge >= 0.3 is 0 Å². The van der Waals surface area contributed by atoms with E-state index in [0.717, 1.165) is 6.26 Å². The lowest BCUT2D eigenvalue weighted by Gasteiger charge is -2.08. The Morgan fingerprint density at radius 1 is 1.07 bits per heavy atom. The summed E-state index contributed by atoms with van der Waals surface area (Å²) in [7, 11) is -3.39. The molecule has 0 fully saturated rings. The molecule has 0 unspecified atom stereocenters. The maximum Gasteiger partial charge on any atom is 0.240 e. The lowest BCUT2D eigenvalue weighted by Crippen LogP contribution is -2.06. The molecular formula is C17H15N5O4S. The van der Waals surface area contributed by atoms with Crippen LogP contribution in [0.4, 0.5) is 5.95 Å². The van der Waals surface area contributed by atoms with Crippen molar-refractivity contribution >= 4 is 32.3 Å². The van der Waals surface area contributed by atoms with Crippen LogP contribution in [0.5, 0.6) is 11.5 Å². The number of hydrogen-bond acceptors (Lipinski definition) is 8. The van der Waals surface area contributed by atoms with E-state index in [1.165, 1.54) is 28.8 Å². The standard InChI is InChI=1S/C17H15N5O4S/c1-27(25,26)10-3-4-11-12(8-10)19-15(22-16(11)20-17(18)21-22)7-9-2-5-13(23)14(24)6-9/h2-6,8,23-24H,7H2,1H3,(H2,18,21). The van der Waals surface area contributed by atoms with E-state index in [4.69, 9.17) is 5.73 Å². The molecule has 0 atom stereocenters. The largest absolute Gasteiger partial charge is 0.504 e. The molecular weight excluding hydrogens is 370 g/mol. The van der Waals surface area contributed by atoms with E-state index >= 15 is 0 Å². The first kappa shape index (κ1) is 17.0. The molecule has 2 aromatic carbocycles. The Hall–Kier alpha value is -3.40.